The highest BCUT2D eigenvalue weighted by atomic mass is 35.5. The fourth-order valence-electron chi connectivity index (χ4n) is 2.27. The molecular weight excluding hydrogens is 289 g/mol. The lowest BCUT2D eigenvalue weighted by atomic mass is 10.0. The minimum absolute atomic E-state index is 0.0981. The van der Waals surface area contributed by atoms with Crippen LogP contribution in [0.5, 0.6) is 0 Å². The zero-order chi connectivity index (χ0) is 13.1. The summed E-state index contributed by atoms with van der Waals surface area (Å²) in [7, 11) is 1.92. The average Bonchev–Trinajstić information content (AvgIpc) is 2.36. The molecule has 0 spiro atoms. The Balaban J connectivity index is 2.29. The number of benzene rings is 1. The number of hydrogen-bond acceptors (Lipinski definition) is 3. The van der Waals surface area contributed by atoms with Crippen LogP contribution in [0.2, 0.25) is 5.02 Å². The summed E-state index contributed by atoms with van der Waals surface area (Å²) in [5.74, 6) is 2.11. The molecule has 1 heterocycles. The first-order chi connectivity index (χ1) is 8.63. The van der Waals surface area contributed by atoms with Crippen molar-refractivity contribution in [1.29, 1.82) is 0 Å². The van der Waals surface area contributed by atoms with Crippen LogP contribution in [0.4, 0.5) is 4.39 Å². The molecule has 1 nitrogen and oxygen atoms in total. The molecule has 1 saturated heterocycles. The number of nitrogens with one attached hydrogen (secondary N) is 1. The monoisotopic (exact) mass is 305 g/mol. The third kappa shape index (κ3) is 3.16. The van der Waals surface area contributed by atoms with Gasteiger partial charge >= 0.3 is 0 Å². The summed E-state index contributed by atoms with van der Waals surface area (Å²) in [6, 6.07) is 4.70. The molecule has 0 bridgehead atoms. The van der Waals surface area contributed by atoms with E-state index >= 15 is 0 Å². The van der Waals surface area contributed by atoms with Gasteiger partial charge in [-0.1, -0.05) is 18.5 Å². The molecule has 0 radical (unpaired) electrons. The Bertz CT molecular complexity index is 416. The fourth-order valence-corrected chi connectivity index (χ4v) is 5.48. The summed E-state index contributed by atoms with van der Waals surface area (Å²) >= 11 is 10.1. The van der Waals surface area contributed by atoms with Crippen LogP contribution in [-0.4, -0.2) is 29.1 Å². The third-order valence-electron chi connectivity index (χ3n) is 3.17. The van der Waals surface area contributed by atoms with E-state index in [-0.39, 0.29) is 11.9 Å². The average molecular weight is 306 g/mol. The van der Waals surface area contributed by atoms with Gasteiger partial charge in [0.1, 0.15) is 5.82 Å². The Labute approximate surface area is 121 Å². The molecule has 0 saturated carbocycles. The van der Waals surface area contributed by atoms with Crippen molar-refractivity contribution >= 4 is 35.1 Å². The van der Waals surface area contributed by atoms with Crippen molar-refractivity contribution in [1.82, 2.24) is 5.32 Å². The number of rotatable bonds is 3. The summed E-state index contributed by atoms with van der Waals surface area (Å²) in [5.41, 5.74) is 0.867. The molecule has 0 amide bonds. The van der Waals surface area contributed by atoms with Crippen LogP contribution in [0, 0.1) is 5.82 Å². The van der Waals surface area contributed by atoms with E-state index in [2.05, 4.69) is 12.2 Å². The molecular formula is C13H17ClFNS2. The SMILES string of the molecule is CNC(c1cc(F)ccc1Cl)C1SCCSC1C. The topological polar surface area (TPSA) is 12.0 Å². The summed E-state index contributed by atoms with van der Waals surface area (Å²) in [5, 5.41) is 4.91. The quantitative estimate of drug-likeness (QED) is 0.907. The second kappa shape index (κ2) is 6.51. The molecule has 18 heavy (non-hydrogen) atoms. The molecule has 1 aliphatic rings. The molecule has 2 rings (SSSR count). The maximum Gasteiger partial charge on any atom is 0.123 e. The molecule has 0 aromatic heterocycles. The predicted octanol–water partition coefficient (Wildman–Crippen LogP) is 3.98. The van der Waals surface area contributed by atoms with Gasteiger partial charge in [-0.25, -0.2) is 4.39 Å². The van der Waals surface area contributed by atoms with Crippen molar-refractivity contribution in [2.75, 3.05) is 18.6 Å². The summed E-state index contributed by atoms with van der Waals surface area (Å²) in [6.45, 7) is 2.24. The first kappa shape index (κ1) is 14.5. The van der Waals surface area contributed by atoms with Gasteiger partial charge in [-0.2, -0.15) is 23.5 Å². The maximum absolute atomic E-state index is 13.4. The second-order valence-electron chi connectivity index (χ2n) is 4.34. The second-order valence-corrected chi connectivity index (χ2v) is 7.52. The van der Waals surface area contributed by atoms with Gasteiger partial charge in [0.25, 0.3) is 0 Å². The van der Waals surface area contributed by atoms with Gasteiger partial charge in [0.15, 0.2) is 0 Å². The fraction of sp³-hybridized carbons (Fsp3) is 0.538. The molecule has 3 unspecified atom stereocenters. The highest BCUT2D eigenvalue weighted by molar-refractivity contribution is 8.07. The van der Waals surface area contributed by atoms with Crippen LogP contribution in [0.1, 0.15) is 18.5 Å². The first-order valence-electron chi connectivity index (χ1n) is 5.99. The van der Waals surface area contributed by atoms with Gasteiger partial charge < -0.3 is 5.32 Å². The van der Waals surface area contributed by atoms with Gasteiger partial charge in [0.05, 0.1) is 0 Å². The standard InChI is InChI=1S/C13H17ClFNS2/c1-8-13(18-6-5-17-8)12(16-2)10-7-9(15)3-4-11(10)14/h3-4,7-8,12-13,16H,5-6H2,1-2H3. The lowest BCUT2D eigenvalue weighted by Gasteiger charge is -2.35. The molecule has 1 aliphatic heterocycles. The normalized spacial score (nSPS) is 26.0. The Morgan fingerprint density at radius 2 is 2.11 bits per heavy atom. The lowest BCUT2D eigenvalue weighted by molar-refractivity contribution is 0.552. The summed E-state index contributed by atoms with van der Waals surface area (Å²) in [4.78, 5) is 0. The van der Waals surface area contributed by atoms with Gasteiger partial charge in [0.2, 0.25) is 0 Å². The molecule has 3 atom stereocenters. The minimum atomic E-state index is -0.226. The molecule has 0 aliphatic carbocycles. The van der Waals surface area contributed by atoms with E-state index in [4.69, 9.17) is 11.6 Å². The Hall–Kier alpha value is 0.1000. The predicted molar refractivity (Wildman–Crippen MR) is 81.4 cm³/mol. The number of hydrogen-bond donors (Lipinski definition) is 1. The Kier molecular flexibility index (Phi) is 5.24. The zero-order valence-electron chi connectivity index (χ0n) is 10.5. The van der Waals surface area contributed by atoms with E-state index in [1.807, 2.05) is 30.6 Å². The first-order valence-corrected chi connectivity index (χ1v) is 8.46. The largest absolute Gasteiger partial charge is 0.312 e. The smallest absolute Gasteiger partial charge is 0.123 e. The van der Waals surface area contributed by atoms with Crippen LogP contribution < -0.4 is 5.32 Å². The molecule has 1 aromatic rings. The Morgan fingerprint density at radius 3 is 2.78 bits per heavy atom. The van der Waals surface area contributed by atoms with E-state index in [0.29, 0.717) is 15.5 Å². The van der Waals surface area contributed by atoms with Crippen molar-refractivity contribution in [3.63, 3.8) is 0 Å². The van der Waals surface area contributed by atoms with E-state index in [0.717, 1.165) is 11.3 Å². The van der Waals surface area contributed by atoms with Crippen molar-refractivity contribution in [2.45, 2.75) is 23.5 Å². The van der Waals surface area contributed by atoms with E-state index < -0.39 is 0 Å². The number of halogens is 2. The van der Waals surface area contributed by atoms with Crippen molar-refractivity contribution in [3.05, 3.63) is 34.6 Å². The van der Waals surface area contributed by atoms with Crippen LogP contribution >= 0.6 is 35.1 Å². The van der Waals surface area contributed by atoms with Crippen molar-refractivity contribution in [3.8, 4) is 0 Å². The van der Waals surface area contributed by atoms with Crippen LogP contribution in [-0.2, 0) is 0 Å². The van der Waals surface area contributed by atoms with Crippen molar-refractivity contribution < 1.29 is 4.39 Å². The lowest BCUT2D eigenvalue weighted by Crippen LogP contribution is -2.36. The van der Waals surface area contributed by atoms with Gasteiger partial charge in [-0.3, -0.25) is 0 Å². The zero-order valence-corrected chi connectivity index (χ0v) is 12.8. The van der Waals surface area contributed by atoms with Crippen LogP contribution in [0.25, 0.3) is 0 Å². The molecule has 100 valence electrons. The van der Waals surface area contributed by atoms with E-state index in [1.54, 1.807) is 12.1 Å². The van der Waals surface area contributed by atoms with Gasteiger partial charge in [-0.15, -0.1) is 0 Å². The van der Waals surface area contributed by atoms with Gasteiger partial charge in [-0.05, 0) is 30.8 Å². The van der Waals surface area contributed by atoms with Crippen molar-refractivity contribution in [2.24, 2.45) is 0 Å². The highest BCUT2D eigenvalue weighted by Crippen LogP contribution is 2.40. The molecule has 1 aromatic carbocycles. The number of thioether (sulfide) groups is 2. The highest BCUT2D eigenvalue weighted by Gasteiger charge is 2.31. The van der Waals surface area contributed by atoms with Crippen LogP contribution in [0.15, 0.2) is 18.2 Å². The van der Waals surface area contributed by atoms with E-state index in [9.17, 15) is 4.39 Å². The maximum atomic E-state index is 13.4. The summed E-state index contributed by atoms with van der Waals surface area (Å²) < 4.78 is 13.4. The van der Waals surface area contributed by atoms with Crippen LogP contribution in [0.3, 0.4) is 0 Å². The third-order valence-corrected chi connectivity index (χ3v) is 6.71. The van der Waals surface area contributed by atoms with E-state index in [1.165, 1.54) is 11.8 Å². The summed E-state index contributed by atoms with van der Waals surface area (Å²) in [6.07, 6.45) is 0. The molecule has 1 fully saturated rings. The molecule has 5 heteroatoms. The Morgan fingerprint density at radius 1 is 1.39 bits per heavy atom. The molecule has 1 N–H and O–H groups in total. The van der Waals surface area contributed by atoms with Gasteiger partial charge in [0, 0.05) is 33.1 Å². The minimum Gasteiger partial charge on any atom is -0.312 e.